The Morgan fingerprint density at radius 3 is 2.67 bits per heavy atom. The molecule has 4 N–H and O–H groups in total. The van der Waals surface area contributed by atoms with Gasteiger partial charge in [0.2, 0.25) is 0 Å². The van der Waals surface area contributed by atoms with Crippen molar-refractivity contribution in [1.29, 1.82) is 0 Å². The van der Waals surface area contributed by atoms with E-state index in [4.69, 9.17) is 10.5 Å². The molecule has 21 heavy (non-hydrogen) atoms. The Morgan fingerprint density at radius 2 is 2.05 bits per heavy atom. The van der Waals surface area contributed by atoms with Gasteiger partial charge in [-0.25, -0.2) is 0 Å². The standard InChI is InChI=1S/C16H18N2O3/c1-10(17)11-4-3-5-13(8-11)18-16(20)12-6-7-15(21-2)14(19)9-12/h3-10,19H,17H2,1-2H3,(H,18,20). The SMILES string of the molecule is COc1ccc(C(=O)Nc2cccc(C(C)N)c2)cc1O. The normalized spacial score (nSPS) is 11.8. The van der Waals surface area contributed by atoms with E-state index >= 15 is 0 Å². The fourth-order valence-corrected chi connectivity index (χ4v) is 1.93. The third-order valence-corrected chi connectivity index (χ3v) is 3.11. The number of carbonyl (C=O) groups excluding carboxylic acids is 1. The largest absolute Gasteiger partial charge is 0.504 e. The quantitative estimate of drug-likeness (QED) is 0.806. The van der Waals surface area contributed by atoms with Gasteiger partial charge in [0.15, 0.2) is 11.5 Å². The molecule has 2 aromatic rings. The number of aromatic hydroxyl groups is 1. The molecule has 2 aromatic carbocycles. The van der Waals surface area contributed by atoms with E-state index in [9.17, 15) is 9.90 Å². The maximum atomic E-state index is 12.2. The summed E-state index contributed by atoms with van der Waals surface area (Å²) >= 11 is 0. The van der Waals surface area contributed by atoms with Gasteiger partial charge >= 0.3 is 0 Å². The fourth-order valence-electron chi connectivity index (χ4n) is 1.93. The summed E-state index contributed by atoms with van der Waals surface area (Å²) in [5.74, 6) is -0.0604. The first-order chi connectivity index (χ1) is 10.0. The first-order valence-corrected chi connectivity index (χ1v) is 6.55. The number of phenols is 1. The molecule has 0 radical (unpaired) electrons. The van der Waals surface area contributed by atoms with Crippen molar-refractivity contribution >= 4 is 11.6 Å². The van der Waals surface area contributed by atoms with Gasteiger partial charge in [-0.2, -0.15) is 0 Å². The molecular formula is C16H18N2O3. The highest BCUT2D eigenvalue weighted by Gasteiger charge is 2.10. The molecule has 0 heterocycles. The molecule has 0 spiro atoms. The van der Waals surface area contributed by atoms with Crippen molar-refractivity contribution in [2.45, 2.75) is 13.0 Å². The van der Waals surface area contributed by atoms with E-state index in [0.29, 0.717) is 17.0 Å². The summed E-state index contributed by atoms with van der Waals surface area (Å²) in [5, 5.41) is 12.5. The number of anilines is 1. The number of carbonyl (C=O) groups is 1. The Kier molecular flexibility index (Phi) is 4.45. The van der Waals surface area contributed by atoms with Crippen molar-refractivity contribution in [2.24, 2.45) is 5.73 Å². The number of ether oxygens (including phenoxy) is 1. The number of nitrogens with one attached hydrogen (secondary N) is 1. The molecule has 0 aromatic heterocycles. The average molecular weight is 286 g/mol. The Bertz CT molecular complexity index is 654. The molecule has 0 aliphatic carbocycles. The van der Waals surface area contributed by atoms with Gasteiger partial charge < -0.3 is 20.9 Å². The summed E-state index contributed by atoms with van der Waals surface area (Å²) in [6.07, 6.45) is 0. The molecule has 0 aliphatic rings. The van der Waals surface area contributed by atoms with Crippen LogP contribution in [0.2, 0.25) is 0 Å². The van der Waals surface area contributed by atoms with E-state index in [1.54, 1.807) is 18.2 Å². The van der Waals surface area contributed by atoms with Gasteiger partial charge in [-0.1, -0.05) is 12.1 Å². The van der Waals surface area contributed by atoms with Crippen LogP contribution in [0.15, 0.2) is 42.5 Å². The third-order valence-electron chi connectivity index (χ3n) is 3.11. The minimum absolute atomic E-state index is 0.0746. The molecule has 1 unspecified atom stereocenters. The van der Waals surface area contributed by atoms with Crippen LogP contribution in [0.25, 0.3) is 0 Å². The smallest absolute Gasteiger partial charge is 0.255 e. The van der Waals surface area contributed by atoms with Crippen molar-refractivity contribution in [2.75, 3.05) is 12.4 Å². The van der Waals surface area contributed by atoms with Gasteiger partial charge in [0.05, 0.1) is 7.11 Å². The van der Waals surface area contributed by atoms with Crippen LogP contribution in [0, 0.1) is 0 Å². The second-order valence-electron chi connectivity index (χ2n) is 4.75. The molecule has 1 atom stereocenters. The molecule has 0 aliphatic heterocycles. The van der Waals surface area contributed by atoms with E-state index < -0.39 is 0 Å². The topological polar surface area (TPSA) is 84.6 Å². The Labute approximate surface area is 123 Å². The number of amides is 1. The Hall–Kier alpha value is -2.53. The minimum atomic E-state index is -0.310. The lowest BCUT2D eigenvalue weighted by Crippen LogP contribution is -2.12. The van der Waals surface area contributed by atoms with Crippen molar-refractivity contribution in [3.63, 3.8) is 0 Å². The molecule has 0 bridgehead atoms. The Balaban J connectivity index is 2.18. The van der Waals surface area contributed by atoms with Gasteiger partial charge in [0.25, 0.3) is 5.91 Å². The van der Waals surface area contributed by atoms with Crippen molar-refractivity contribution < 1.29 is 14.6 Å². The average Bonchev–Trinajstić information content (AvgIpc) is 2.47. The van der Waals surface area contributed by atoms with E-state index in [-0.39, 0.29) is 17.7 Å². The van der Waals surface area contributed by atoms with Gasteiger partial charge in [-0.15, -0.1) is 0 Å². The first kappa shape index (κ1) is 14.9. The summed E-state index contributed by atoms with van der Waals surface area (Å²) in [6, 6.07) is 11.7. The summed E-state index contributed by atoms with van der Waals surface area (Å²) in [6.45, 7) is 1.88. The highest BCUT2D eigenvalue weighted by molar-refractivity contribution is 6.04. The molecular weight excluding hydrogens is 268 g/mol. The summed E-state index contributed by atoms with van der Waals surface area (Å²) < 4.78 is 4.94. The van der Waals surface area contributed by atoms with E-state index in [2.05, 4.69) is 5.32 Å². The van der Waals surface area contributed by atoms with Crippen LogP contribution in [-0.2, 0) is 0 Å². The zero-order valence-corrected chi connectivity index (χ0v) is 12.0. The van der Waals surface area contributed by atoms with Crippen LogP contribution in [0.5, 0.6) is 11.5 Å². The van der Waals surface area contributed by atoms with Crippen LogP contribution in [0.3, 0.4) is 0 Å². The maximum absolute atomic E-state index is 12.2. The lowest BCUT2D eigenvalue weighted by Gasteiger charge is -2.10. The van der Waals surface area contributed by atoms with Crippen molar-refractivity contribution in [3.8, 4) is 11.5 Å². The monoisotopic (exact) mass is 286 g/mol. The summed E-state index contributed by atoms with van der Waals surface area (Å²) in [7, 11) is 1.45. The lowest BCUT2D eigenvalue weighted by molar-refractivity contribution is 0.102. The number of phenolic OH excluding ortho intramolecular Hbond substituents is 1. The fraction of sp³-hybridized carbons (Fsp3) is 0.188. The molecule has 5 nitrogen and oxygen atoms in total. The first-order valence-electron chi connectivity index (χ1n) is 6.55. The van der Waals surface area contributed by atoms with Crippen LogP contribution >= 0.6 is 0 Å². The van der Waals surface area contributed by atoms with E-state index in [0.717, 1.165) is 5.56 Å². The number of rotatable bonds is 4. The second-order valence-corrected chi connectivity index (χ2v) is 4.75. The van der Waals surface area contributed by atoms with Crippen LogP contribution in [0.4, 0.5) is 5.69 Å². The maximum Gasteiger partial charge on any atom is 0.255 e. The van der Waals surface area contributed by atoms with Gasteiger partial charge in [-0.3, -0.25) is 4.79 Å². The molecule has 110 valence electrons. The van der Waals surface area contributed by atoms with E-state index in [1.165, 1.54) is 13.2 Å². The second kappa shape index (κ2) is 6.28. The molecule has 2 rings (SSSR count). The summed E-state index contributed by atoms with van der Waals surface area (Å²) in [4.78, 5) is 12.2. The molecule has 1 amide bonds. The minimum Gasteiger partial charge on any atom is -0.504 e. The molecule has 5 heteroatoms. The Morgan fingerprint density at radius 1 is 1.29 bits per heavy atom. The number of hydrogen-bond acceptors (Lipinski definition) is 4. The predicted molar refractivity (Wildman–Crippen MR) is 81.7 cm³/mol. The van der Waals surface area contributed by atoms with E-state index in [1.807, 2.05) is 25.1 Å². The van der Waals surface area contributed by atoms with Crippen LogP contribution in [-0.4, -0.2) is 18.1 Å². The number of hydrogen-bond donors (Lipinski definition) is 3. The molecule has 0 saturated carbocycles. The number of nitrogens with two attached hydrogens (primary N) is 1. The number of methoxy groups -OCH3 is 1. The van der Waals surface area contributed by atoms with Gasteiger partial charge in [-0.05, 0) is 42.8 Å². The highest BCUT2D eigenvalue weighted by atomic mass is 16.5. The summed E-state index contributed by atoms with van der Waals surface area (Å²) in [5.41, 5.74) is 7.76. The lowest BCUT2D eigenvalue weighted by atomic mass is 10.1. The molecule has 0 fully saturated rings. The predicted octanol–water partition coefficient (Wildman–Crippen LogP) is 2.67. The zero-order valence-electron chi connectivity index (χ0n) is 12.0. The van der Waals surface area contributed by atoms with Crippen LogP contribution < -0.4 is 15.8 Å². The third kappa shape index (κ3) is 3.52. The van der Waals surface area contributed by atoms with Crippen molar-refractivity contribution in [1.82, 2.24) is 0 Å². The molecule has 0 saturated heterocycles. The van der Waals surface area contributed by atoms with Crippen molar-refractivity contribution in [3.05, 3.63) is 53.6 Å². The van der Waals surface area contributed by atoms with Crippen LogP contribution in [0.1, 0.15) is 28.9 Å². The van der Waals surface area contributed by atoms with Gasteiger partial charge in [0, 0.05) is 17.3 Å². The number of benzene rings is 2. The van der Waals surface area contributed by atoms with Gasteiger partial charge in [0.1, 0.15) is 0 Å². The highest BCUT2D eigenvalue weighted by Crippen LogP contribution is 2.26. The zero-order chi connectivity index (χ0) is 15.4.